The van der Waals surface area contributed by atoms with E-state index in [0.717, 1.165) is 61.6 Å². The lowest BCUT2D eigenvalue weighted by Gasteiger charge is -2.36. The highest BCUT2D eigenvalue weighted by Crippen LogP contribution is 2.20. The summed E-state index contributed by atoms with van der Waals surface area (Å²) in [5.41, 5.74) is 4.24. The Morgan fingerprint density at radius 2 is 1.77 bits per heavy atom. The molecule has 0 radical (unpaired) electrons. The monoisotopic (exact) mass is 425 g/mol. The molecule has 0 saturated carbocycles. The first-order chi connectivity index (χ1) is 14.8. The van der Waals surface area contributed by atoms with Crippen LogP contribution >= 0.6 is 0 Å². The number of likely N-dealkylation sites (tertiary alicyclic amines) is 1. The average Bonchev–Trinajstić information content (AvgIpc) is 3.06. The second kappa shape index (κ2) is 10.1. The van der Waals surface area contributed by atoms with Gasteiger partial charge in [0.1, 0.15) is 5.75 Å². The van der Waals surface area contributed by atoms with Gasteiger partial charge < -0.3 is 14.2 Å². The number of piperidine rings is 1. The fourth-order valence-electron chi connectivity index (χ4n) is 4.47. The molecule has 1 aromatic carbocycles. The maximum Gasteiger partial charge on any atom is 0.219 e. The summed E-state index contributed by atoms with van der Waals surface area (Å²) in [6.07, 6.45) is 2.75. The number of carbonyl (C=O) groups excluding carboxylic acids is 2. The van der Waals surface area contributed by atoms with Crippen LogP contribution in [0.3, 0.4) is 0 Å². The minimum atomic E-state index is 0.108. The van der Waals surface area contributed by atoms with Gasteiger partial charge in [-0.1, -0.05) is 12.1 Å². The summed E-state index contributed by atoms with van der Waals surface area (Å²) in [4.78, 5) is 28.7. The van der Waals surface area contributed by atoms with Crippen molar-refractivity contribution in [1.29, 1.82) is 0 Å². The van der Waals surface area contributed by atoms with Gasteiger partial charge in [0, 0.05) is 56.6 Å². The molecular formula is C25H35N3O3. The first-order valence-corrected chi connectivity index (χ1v) is 11.1. The third-order valence-electron chi connectivity index (χ3n) is 6.63. The zero-order chi connectivity index (χ0) is 22.5. The van der Waals surface area contributed by atoms with Crippen LogP contribution in [0, 0.1) is 13.8 Å². The summed E-state index contributed by atoms with van der Waals surface area (Å²) in [5, 5.41) is 0. The van der Waals surface area contributed by atoms with Crippen molar-refractivity contribution in [1.82, 2.24) is 14.4 Å². The largest absolute Gasteiger partial charge is 0.497 e. The van der Waals surface area contributed by atoms with Crippen LogP contribution in [0.15, 0.2) is 30.3 Å². The molecule has 2 heterocycles. The topological polar surface area (TPSA) is 54.8 Å². The molecule has 6 heteroatoms. The van der Waals surface area contributed by atoms with E-state index in [1.54, 1.807) is 14.0 Å². The molecule has 0 unspecified atom stereocenters. The SMILES string of the molecule is COc1ccc(CCn2c(C)cc(C(=O)CN3CCC(N(C)C(C)=O)CC3)c2C)cc1. The summed E-state index contributed by atoms with van der Waals surface area (Å²) >= 11 is 0. The van der Waals surface area contributed by atoms with Gasteiger partial charge in [-0.25, -0.2) is 0 Å². The first-order valence-electron chi connectivity index (χ1n) is 11.1. The highest BCUT2D eigenvalue weighted by Gasteiger charge is 2.26. The minimum absolute atomic E-state index is 0.108. The lowest BCUT2D eigenvalue weighted by molar-refractivity contribution is -0.130. The molecule has 0 aliphatic carbocycles. The van der Waals surface area contributed by atoms with E-state index in [1.165, 1.54) is 5.56 Å². The van der Waals surface area contributed by atoms with Crippen molar-refractivity contribution in [2.75, 3.05) is 33.8 Å². The summed E-state index contributed by atoms with van der Waals surface area (Å²) in [5.74, 6) is 1.15. The highest BCUT2D eigenvalue weighted by atomic mass is 16.5. The van der Waals surface area contributed by atoms with E-state index in [9.17, 15) is 9.59 Å². The zero-order valence-electron chi connectivity index (χ0n) is 19.5. The smallest absolute Gasteiger partial charge is 0.219 e. The van der Waals surface area contributed by atoms with Gasteiger partial charge in [0.2, 0.25) is 5.91 Å². The van der Waals surface area contributed by atoms with Crippen molar-refractivity contribution in [3.05, 3.63) is 52.8 Å². The van der Waals surface area contributed by atoms with Crippen LogP contribution < -0.4 is 4.74 Å². The summed E-state index contributed by atoms with van der Waals surface area (Å²) in [7, 11) is 3.54. The quantitative estimate of drug-likeness (QED) is 0.608. The predicted molar refractivity (Wildman–Crippen MR) is 123 cm³/mol. The van der Waals surface area contributed by atoms with Crippen molar-refractivity contribution in [2.45, 2.75) is 52.6 Å². The number of hydrogen-bond acceptors (Lipinski definition) is 4. The van der Waals surface area contributed by atoms with Gasteiger partial charge in [-0.15, -0.1) is 0 Å². The fourth-order valence-corrected chi connectivity index (χ4v) is 4.47. The van der Waals surface area contributed by atoms with Gasteiger partial charge in [-0.2, -0.15) is 0 Å². The van der Waals surface area contributed by atoms with Gasteiger partial charge in [-0.3, -0.25) is 14.5 Å². The number of methoxy groups -OCH3 is 1. The van der Waals surface area contributed by atoms with Crippen molar-refractivity contribution >= 4 is 11.7 Å². The second-order valence-corrected chi connectivity index (χ2v) is 8.59. The number of amides is 1. The van der Waals surface area contributed by atoms with Gasteiger partial charge in [0.05, 0.1) is 13.7 Å². The van der Waals surface area contributed by atoms with Crippen LogP contribution in [-0.4, -0.2) is 65.9 Å². The Morgan fingerprint density at radius 1 is 1.13 bits per heavy atom. The number of aryl methyl sites for hydroxylation is 2. The van der Waals surface area contributed by atoms with Crippen LogP contribution in [0.1, 0.15) is 47.1 Å². The standard InChI is InChI=1S/C25H35N3O3/c1-18-16-24(19(2)28(18)15-10-21-6-8-23(31-5)9-7-21)25(30)17-27-13-11-22(12-14-27)26(4)20(3)29/h6-9,16,22H,10-15,17H2,1-5H3. The summed E-state index contributed by atoms with van der Waals surface area (Å²) < 4.78 is 7.47. The Bertz CT molecular complexity index is 909. The molecule has 0 spiro atoms. The van der Waals surface area contributed by atoms with Crippen molar-refractivity contribution in [2.24, 2.45) is 0 Å². The van der Waals surface area contributed by atoms with Gasteiger partial charge in [-0.05, 0) is 56.9 Å². The van der Waals surface area contributed by atoms with E-state index < -0.39 is 0 Å². The Hall–Kier alpha value is -2.60. The Balaban J connectivity index is 1.58. The van der Waals surface area contributed by atoms with Crippen molar-refractivity contribution < 1.29 is 14.3 Å². The number of ether oxygens (including phenoxy) is 1. The van der Waals surface area contributed by atoms with E-state index >= 15 is 0 Å². The van der Waals surface area contributed by atoms with Crippen LogP contribution in [0.5, 0.6) is 5.75 Å². The number of Topliss-reactive ketones (excluding diaryl/α,β-unsaturated/α-hetero) is 1. The number of ketones is 1. The molecule has 6 nitrogen and oxygen atoms in total. The van der Waals surface area contributed by atoms with Gasteiger partial charge in [0.25, 0.3) is 0 Å². The minimum Gasteiger partial charge on any atom is -0.497 e. The van der Waals surface area contributed by atoms with E-state index in [4.69, 9.17) is 4.74 Å². The van der Waals surface area contributed by atoms with Crippen LogP contribution in [0.4, 0.5) is 0 Å². The Kier molecular flexibility index (Phi) is 7.55. The lowest BCUT2D eigenvalue weighted by atomic mass is 10.0. The Labute approximate surface area is 185 Å². The van der Waals surface area contributed by atoms with E-state index in [2.05, 4.69) is 28.5 Å². The molecule has 2 aromatic rings. The molecule has 0 N–H and O–H groups in total. The molecule has 1 aromatic heterocycles. The molecule has 0 bridgehead atoms. The number of rotatable bonds is 8. The molecule has 1 amide bonds. The average molecular weight is 426 g/mol. The second-order valence-electron chi connectivity index (χ2n) is 8.59. The molecule has 1 saturated heterocycles. The maximum atomic E-state index is 13.0. The van der Waals surface area contributed by atoms with Crippen LogP contribution in [0.25, 0.3) is 0 Å². The number of nitrogens with zero attached hydrogens (tertiary/aromatic N) is 3. The summed E-state index contributed by atoms with van der Waals surface area (Å²) in [6, 6.07) is 10.5. The van der Waals surface area contributed by atoms with Crippen molar-refractivity contribution in [3.63, 3.8) is 0 Å². The predicted octanol–water partition coefficient (Wildman–Crippen LogP) is 3.48. The molecule has 3 rings (SSSR count). The van der Waals surface area contributed by atoms with Gasteiger partial charge >= 0.3 is 0 Å². The van der Waals surface area contributed by atoms with E-state index in [1.807, 2.05) is 37.1 Å². The molecule has 1 fully saturated rings. The highest BCUT2D eigenvalue weighted by molar-refractivity contribution is 5.99. The van der Waals surface area contributed by atoms with E-state index in [-0.39, 0.29) is 17.7 Å². The zero-order valence-corrected chi connectivity index (χ0v) is 19.5. The third kappa shape index (κ3) is 5.56. The molecular weight excluding hydrogens is 390 g/mol. The molecule has 1 aliphatic heterocycles. The summed E-state index contributed by atoms with van der Waals surface area (Å²) in [6.45, 7) is 8.72. The Morgan fingerprint density at radius 3 is 2.35 bits per heavy atom. The number of hydrogen-bond donors (Lipinski definition) is 0. The fraction of sp³-hybridized carbons (Fsp3) is 0.520. The lowest BCUT2D eigenvalue weighted by Crippen LogP contribution is -2.46. The number of aromatic nitrogens is 1. The molecule has 168 valence electrons. The maximum absolute atomic E-state index is 13.0. The van der Waals surface area contributed by atoms with Crippen LogP contribution in [-0.2, 0) is 17.8 Å². The molecule has 31 heavy (non-hydrogen) atoms. The number of benzene rings is 1. The van der Waals surface area contributed by atoms with Crippen molar-refractivity contribution in [3.8, 4) is 5.75 Å². The molecule has 0 atom stereocenters. The van der Waals surface area contributed by atoms with Gasteiger partial charge in [0.15, 0.2) is 5.78 Å². The van der Waals surface area contributed by atoms with E-state index in [0.29, 0.717) is 6.54 Å². The molecule has 1 aliphatic rings. The first kappa shape index (κ1) is 23.1. The number of carbonyl (C=O) groups is 2. The third-order valence-corrected chi connectivity index (χ3v) is 6.63. The normalized spacial score (nSPS) is 15.1. The van der Waals surface area contributed by atoms with Crippen LogP contribution in [0.2, 0.25) is 0 Å².